The molecule has 0 atom stereocenters. The Labute approximate surface area is 172 Å². The van der Waals surface area contributed by atoms with Gasteiger partial charge in [0.05, 0.1) is 30.8 Å². The molecule has 1 amide bonds. The van der Waals surface area contributed by atoms with E-state index in [-0.39, 0.29) is 5.91 Å². The molecule has 0 aliphatic carbocycles. The van der Waals surface area contributed by atoms with Gasteiger partial charge in [-0.1, -0.05) is 19.1 Å². The lowest BCUT2D eigenvalue weighted by molar-refractivity contribution is -0.115. The van der Waals surface area contributed by atoms with Crippen LogP contribution in [-0.2, 0) is 4.79 Å². The topological polar surface area (TPSA) is 102 Å². The number of hydrogen-bond acceptors (Lipinski definition) is 7. The van der Waals surface area contributed by atoms with Crippen LogP contribution in [0.4, 0.5) is 17.4 Å². The molecular weight excluding hydrogens is 384 g/mol. The second-order valence-electron chi connectivity index (χ2n) is 6.38. The zero-order chi connectivity index (χ0) is 20.9. The predicted octanol–water partition coefficient (Wildman–Crippen LogP) is 5.10. The van der Waals surface area contributed by atoms with Crippen LogP contribution in [0.2, 0.25) is 0 Å². The number of benzene rings is 2. The first-order valence-corrected chi connectivity index (χ1v) is 9.37. The van der Waals surface area contributed by atoms with Gasteiger partial charge in [0.15, 0.2) is 17.9 Å². The van der Waals surface area contributed by atoms with Crippen molar-refractivity contribution >= 4 is 23.3 Å². The molecule has 0 bridgehead atoms. The average Bonchev–Trinajstić information content (AvgIpc) is 3.46. The number of para-hydroxylation sites is 1. The highest BCUT2D eigenvalue weighted by atomic mass is 16.5. The first-order valence-electron chi connectivity index (χ1n) is 9.37. The zero-order valence-corrected chi connectivity index (χ0v) is 16.5. The molecule has 0 saturated carbocycles. The molecule has 152 valence electrons. The van der Waals surface area contributed by atoms with Crippen molar-refractivity contribution < 1.29 is 18.4 Å². The predicted molar refractivity (Wildman–Crippen MR) is 113 cm³/mol. The summed E-state index contributed by atoms with van der Waals surface area (Å²) in [6.45, 7) is 1.80. The highest BCUT2D eigenvalue weighted by Gasteiger charge is 2.14. The van der Waals surface area contributed by atoms with Crippen molar-refractivity contribution in [1.82, 2.24) is 9.97 Å². The third-order valence-corrected chi connectivity index (χ3v) is 4.44. The Balaban J connectivity index is 1.57. The van der Waals surface area contributed by atoms with Crippen LogP contribution in [0.15, 0.2) is 70.1 Å². The molecule has 2 aromatic heterocycles. The molecule has 4 aromatic rings. The molecule has 8 nitrogen and oxygen atoms in total. The standard InChI is InChI=1S/C22H20N4O4/c1-3-21(27)26-17-7-5-4-6-15(17)20-12-24-22(30-20)25-14-8-9-16(18(10-14)28-2)19-11-23-13-29-19/h4-13H,3H2,1-2H3,(H,24,25)(H,26,27). The van der Waals surface area contributed by atoms with Crippen molar-refractivity contribution in [2.24, 2.45) is 0 Å². The lowest BCUT2D eigenvalue weighted by Gasteiger charge is -2.09. The van der Waals surface area contributed by atoms with Crippen molar-refractivity contribution in [2.75, 3.05) is 17.7 Å². The Bertz CT molecular complexity index is 1150. The fourth-order valence-electron chi connectivity index (χ4n) is 2.95. The average molecular weight is 404 g/mol. The molecule has 8 heteroatoms. The fourth-order valence-corrected chi connectivity index (χ4v) is 2.95. The van der Waals surface area contributed by atoms with Gasteiger partial charge >= 0.3 is 0 Å². The summed E-state index contributed by atoms with van der Waals surface area (Å²) in [4.78, 5) is 20.0. The molecule has 0 aliphatic heterocycles. The maximum atomic E-state index is 11.8. The van der Waals surface area contributed by atoms with Crippen LogP contribution >= 0.6 is 0 Å². The molecule has 2 aromatic carbocycles. The SMILES string of the molecule is CCC(=O)Nc1ccccc1-c1cnc(Nc2ccc(-c3cnco3)c(OC)c2)o1. The summed E-state index contributed by atoms with van der Waals surface area (Å²) in [7, 11) is 1.59. The number of ether oxygens (including phenoxy) is 1. The molecule has 0 fully saturated rings. The molecule has 0 radical (unpaired) electrons. The van der Waals surface area contributed by atoms with Gasteiger partial charge in [0.25, 0.3) is 6.01 Å². The minimum absolute atomic E-state index is 0.0701. The van der Waals surface area contributed by atoms with Crippen LogP contribution < -0.4 is 15.4 Å². The van der Waals surface area contributed by atoms with Gasteiger partial charge in [-0.15, -0.1) is 0 Å². The lowest BCUT2D eigenvalue weighted by atomic mass is 10.1. The van der Waals surface area contributed by atoms with Crippen LogP contribution in [0.25, 0.3) is 22.6 Å². The fraction of sp³-hybridized carbons (Fsp3) is 0.136. The Morgan fingerprint density at radius 2 is 1.97 bits per heavy atom. The Morgan fingerprint density at radius 1 is 1.10 bits per heavy atom. The summed E-state index contributed by atoms with van der Waals surface area (Å²) < 4.78 is 16.7. The molecule has 2 heterocycles. The van der Waals surface area contributed by atoms with E-state index in [4.69, 9.17) is 13.6 Å². The largest absolute Gasteiger partial charge is 0.496 e. The summed E-state index contributed by atoms with van der Waals surface area (Å²) in [5.41, 5.74) is 2.94. The Morgan fingerprint density at radius 3 is 2.73 bits per heavy atom. The molecule has 4 rings (SSSR count). The highest BCUT2D eigenvalue weighted by molar-refractivity contribution is 5.94. The molecule has 0 saturated heterocycles. The molecule has 2 N–H and O–H groups in total. The van der Waals surface area contributed by atoms with E-state index in [0.717, 1.165) is 16.8 Å². The van der Waals surface area contributed by atoms with E-state index in [1.54, 1.807) is 26.4 Å². The lowest BCUT2D eigenvalue weighted by Crippen LogP contribution is -2.10. The second kappa shape index (κ2) is 8.52. The van der Waals surface area contributed by atoms with Crippen molar-refractivity contribution in [3.05, 3.63) is 61.3 Å². The molecule has 0 aliphatic rings. The van der Waals surface area contributed by atoms with Crippen LogP contribution in [0.1, 0.15) is 13.3 Å². The van der Waals surface area contributed by atoms with Crippen molar-refractivity contribution in [3.8, 4) is 28.4 Å². The number of carbonyl (C=O) groups excluding carboxylic acids is 1. The Kier molecular flexibility index (Phi) is 5.47. The number of nitrogens with zero attached hydrogens (tertiary/aromatic N) is 2. The number of carbonyl (C=O) groups is 1. The minimum Gasteiger partial charge on any atom is -0.496 e. The van der Waals surface area contributed by atoms with E-state index in [9.17, 15) is 4.79 Å². The summed E-state index contributed by atoms with van der Waals surface area (Å²) >= 11 is 0. The van der Waals surface area contributed by atoms with Crippen LogP contribution in [-0.4, -0.2) is 23.0 Å². The van der Waals surface area contributed by atoms with E-state index in [1.807, 2.05) is 42.5 Å². The van der Waals surface area contributed by atoms with E-state index < -0.39 is 0 Å². The second-order valence-corrected chi connectivity index (χ2v) is 6.38. The number of methoxy groups -OCH3 is 1. The van der Waals surface area contributed by atoms with Gasteiger partial charge in [-0.2, -0.15) is 0 Å². The van der Waals surface area contributed by atoms with Crippen LogP contribution in [0.5, 0.6) is 5.75 Å². The Hall–Kier alpha value is -4.07. The van der Waals surface area contributed by atoms with Gasteiger partial charge in [0.2, 0.25) is 5.91 Å². The van der Waals surface area contributed by atoms with E-state index in [2.05, 4.69) is 20.6 Å². The quantitative estimate of drug-likeness (QED) is 0.442. The highest BCUT2D eigenvalue weighted by Crippen LogP contribution is 2.34. The smallest absolute Gasteiger partial charge is 0.299 e. The van der Waals surface area contributed by atoms with Crippen molar-refractivity contribution in [3.63, 3.8) is 0 Å². The summed E-state index contributed by atoms with van der Waals surface area (Å²) in [5, 5.41) is 6.00. The molecule has 30 heavy (non-hydrogen) atoms. The normalized spacial score (nSPS) is 10.6. The van der Waals surface area contributed by atoms with Gasteiger partial charge in [0, 0.05) is 23.7 Å². The van der Waals surface area contributed by atoms with Crippen molar-refractivity contribution in [2.45, 2.75) is 13.3 Å². The number of anilines is 3. The maximum Gasteiger partial charge on any atom is 0.299 e. The minimum atomic E-state index is -0.0701. The van der Waals surface area contributed by atoms with E-state index >= 15 is 0 Å². The first-order chi connectivity index (χ1) is 14.7. The summed E-state index contributed by atoms with van der Waals surface area (Å²) in [5.74, 6) is 1.70. The molecule has 0 spiro atoms. The molecular formula is C22H20N4O4. The van der Waals surface area contributed by atoms with Crippen molar-refractivity contribution in [1.29, 1.82) is 0 Å². The summed E-state index contributed by atoms with van der Waals surface area (Å²) in [6, 6.07) is 13.3. The number of rotatable bonds is 7. The van der Waals surface area contributed by atoms with E-state index in [0.29, 0.717) is 35.4 Å². The number of nitrogens with one attached hydrogen (secondary N) is 2. The van der Waals surface area contributed by atoms with Gasteiger partial charge in [-0.3, -0.25) is 4.79 Å². The zero-order valence-electron chi connectivity index (χ0n) is 16.5. The van der Waals surface area contributed by atoms with Crippen LogP contribution in [0, 0.1) is 0 Å². The molecule has 0 unspecified atom stereocenters. The number of hydrogen-bond donors (Lipinski definition) is 2. The first kappa shape index (κ1) is 19.3. The number of amides is 1. The summed E-state index contributed by atoms with van der Waals surface area (Å²) in [6.07, 6.45) is 5.00. The van der Waals surface area contributed by atoms with Gasteiger partial charge in [-0.05, 0) is 24.3 Å². The van der Waals surface area contributed by atoms with Gasteiger partial charge in [0.1, 0.15) is 5.75 Å². The number of oxazole rings is 2. The van der Waals surface area contributed by atoms with E-state index in [1.165, 1.54) is 6.39 Å². The van der Waals surface area contributed by atoms with Crippen LogP contribution in [0.3, 0.4) is 0 Å². The maximum absolute atomic E-state index is 11.8. The monoisotopic (exact) mass is 404 g/mol. The van der Waals surface area contributed by atoms with Gasteiger partial charge in [-0.25, -0.2) is 9.97 Å². The number of aromatic nitrogens is 2. The third kappa shape index (κ3) is 4.02. The third-order valence-electron chi connectivity index (χ3n) is 4.44. The van der Waals surface area contributed by atoms with Gasteiger partial charge < -0.3 is 24.2 Å².